The Kier molecular flexibility index (Phi) is 3.83. The van der Waals surface area contributed by atoms with Crippen LogP contribution in [0.2, 0.25) is 0 Å². The molecule has 1 aliphatic carbocycles. The van der Waals surface area contributed by atoms with Gasteiger partial charge in [-0.15, -0.1) is 0 Å². The normalized spacial score (nSPS) is 25.3. The summed E-state index contributed by atoms with van der Waals surface area (Å²) in [4.78, 5) is 12.1. The van der Waals surface area contributed by atoms with Crippen molar-refractivity contribution in [1.29, 1.82) is 0 Å². The number of hydrogen-bond donors (Lipinski definition) is 2. The van der Waals surface area contributed by atoms with Gasteiger partial charge in [0.25, 0.3) is 0 Å². The standard InChI is InChI=1S/C16H22N2O/c19-16(15-11-12-5-1-2-7-14(12)15)18-10-8-13-6-3-4-9-17-13/h1-2,5,7,13,15,17H,3-4,6,8-11H2,(H,18,19). The third kappa shape index (κ3) is 2.81. The molecular formula is C16H22N2O. The first-order valence-corrected chi connectivity index (χ1v) is 7.43. The minimum Gasteiger partial charge on any atom is -0.356 e. The summed E-state index contributed by atoms with van der Waals surface area (Å²) in [5, 5.41) is 6.61. The predicted molar refractivity (Wildman–Crippen MR) is 76.2 cm³/mol. The first-order valence-electron chi connectivity index (χ1n) is 7.43. The molecule has 3 heteroatoms. The average Bonchev–Trinajstić information content (AvgIpc) is 2.41. The molecule has 19 heavy (non-hydrogen) atoms. The van der Waals surface area contributed by atoms with Crippen molar-refractivity contribution >= 4 is 5.91 Å². The Morgan fingerprint density at radius 3 is 3.00 bits per heavy atom. The van der Waals surface area contributed by atoms with Gasteiger partial charge in [0.15, 0.2) is 0 Å². The lowest BCUT2D eigenvalue weighted by Crippen LogP contribution is -2.40. The number of piperidine rings is 1. The second kappa shape index (κ2) is 5.74. The molecule has 0 radical (unpaired) electrons. The molecule has 1 heterocycles. The summed E-state index contributed by atoms with van der Waals surface area (Å²) in [6, 6.07) is 8.85. The van der Waals surface area contributed by atoms with E-state index in [1.54, 1.807) is 0 Å². The van der Waals surface area contributed by atoms with E-state index in [1.165, 1.54) is 30.4 Å². The molecule has 1 saturated heterocycles. The lowest BCUT2D eigenvalue weighted by atomic mass is 9.77. The molecule has 1 amide bonds. The first kappa shape index (κ1) is 12.7. The fourth-order valence-electron chi connectivity index (χ4n) is 3.16. The number of fused-ring (bicyclic) bond motifs is 1. The Labute approximate surface area is 114 Å². The van der Waals surface area contributed by atoms with Gasteiger partial charge >= 0.3 is 0 Å². The van der Waals surface area contributed by atoms with Gasteiger partial charge in [0.05, 0.1) is 5.92 Å². The molecule has 0 aromatic heterocycles. The number of benzene rings is 1. The van der Waals surface area contributed by atoms with Gasteiger partial charge in [-0.2, -0.15) is 0 Å². The summed E-state index contributed by atoms with van der Waals surface area (Å²) >= 11 is 0. The SMILES string of the molecule is O=C(NCCC1CCCCN1)C1Cc2ccccc21. The van der Waals surface area contributed by atoms with E-state index >= 15 is 0 Å². The third-order valence-electron chi connectivity index (χ3n) is 4.38. The van der Waals surface area contributed by atoms with Crippen LogP contribution in [0.25, 0.3) is 0 Å². The molecule has 2 N–H and O–H groups in total. The maximum atomic E-state index is 12.1. The minimum absolute atomic E-state index is 0.0931. The summed E-state index contributed by atoms with van der Waals surface area (Å²) < 4.78 is 0. The maximum Gasteiger partial charge on any atom is 0.227 e. The van der Waals surface area contributed by atoms with E-state index in [1.807, 2.05) is 12.1 Å². The summed E-state index contributed by atoms with van der Waals surface area (Å²) in [5.74, 6) is 0.296. The number of hydrogen-bond acceptors (Lipinski definition) is 2. The second-order valence-corrected chi connectivity index (χ2v) is 5.68. The Morgan fingerprint density at radius 1 is 1.32 bits per heavy atom. The van der Waals surface area contributed by atoms with Crippen molar-refractivity contribution in [3.8, 4) is 0 Å². The van der Waals surface area contributed by atoms with Crippen molar-refractivity contribution in [2.45, 2.75) is 44.1 Å². The van der Waals surface area contributed by atoms with Crippen LogP contribution in [-0.2, 0) is 11.2 Å². The highest BCUT2D eigenvalue weighted by molar-refractivity contribution is 5.86. The number of nitrogens with one attached hydrogen (secondary N) is 2. The van der Waals surface area contributed by atoms with Crippen LogP contribution in [0.5, 0.6) is 0 Å². The van der Waals surface area contributed by atoms with Crippen LogP contribution in [0.1, 0.15) is 42.7 Å². The molecule has 1 aromatic carbocycles. The number of amides is 1. The molecule has 0 bridgehead atoms. The van der Waals surface area contributed by atoms with Crippen molar-refractivity contribution in [3.63, 3.8) is 0 Å². The number of carbonyl (C=O) groups excluding carboxylic acids is 1. The molecule has 3 nitrogen and oxygen atoms in total. The van der Waals surface area contributed by atoms with Gasteiger partial charge in [0.2, 0.25) is 5.91 Å². The molecule has 0 spiro atoms. The highest BCUT2D eigenvalue weighted by Gasteiger charge is 2.31. The zero-order valence-corrected chi connectivity index (χ0v) is 11.3. The van der Waals surface area contributed by atoms with Crippen molar-refractivity contribution in [3.05, 3.63) is 35.4 Å². The van der Waals surface area contributed by atoms with Crippen LogP contribution in [0.4, 0.5) is 0 Å². The molecule has 1 aliphatic heterocycles. The van der Waals surface area contributed by atoms with Gasteiger partial charge in [-0.1, -0.05) is 30.7 Å². The van der Waals surface area contributed by atoms with Gasteiger partial charge in [-0.05, 0) is 43.4 Å². The molecule has 0 saturated carbocycles. The van der Waals surface area contributed by atoms with Crippen molar-refractivity contribution in [1.82, 2.24) is 10.6 Å². The molecule has 2 aliphatic rings. The molecule has 1 fully saturated rings. The zero-order valence-electron chi connectivity index (χ0n) is 11.3. The smallest absolute Gasteiger partial charge is 0.227 e. The average molecular weight is 258 g/mol. The van der Waals surface area contributed by atoms with E-state index in [0.717, 1.165) is 25.9 Å². The third-order valence-corrected chi connectivity index (χ3v) is 4.38. The Hall–Kier alpha value is -1.35. The van der Waals surface area contributed by atoms with Crippen LogP contribution in [-0.4, -0.2) is 25.0 Å². The Balaban J connectivity index is 1.43. The van der Waals surface area contributed by atoms with Gasteiger partial charge in [-0.25, -0.2) is 0 Å². The first-order chi connectivity index (χ1) is 9.34. The monoisotopic (exact) mass is 258 g/mol. The van der Waals surface area contributed by atoms with E-state index in [-0.39, 0.29) is 11.8 Å². The largest absolute Gasteiger partial charge is 0.356 e. The molecule has 102 valence electrons. The number of carbonyl (C=O) groups is 1. The van der Waals surface area contributed by atoms with E-state index in [9.17, 15) is 4.79 Å². The van der Waals surface area contributed by atoms with E-state index in [4.69, 9.17) is 0 Å². The summed E-state index contributed by atoms with van der Waals surface area (Å²) in [6.45, 7) is 1.93. The molecule has 2 unspecified atom stereocenters. The highest BCUT2D eigenvalue weighted by atomic mass is 16.1. The minimum atomic E-state index is 0.0931. The Morgan fingerprint density at radius 2 is 2.21 bits per heavy atom. The van der Waals surface area contributed by atoms with Crippen LogP contribution in [0.15, 0.2) is 24.3 Å². The highest BCUT2D eigenvalue weighted by Crippen LogP contribution is 2.34. The number of rotatable bonds is 4. The topological polar surface area (TPSA) is 41.1 Å². The van der Waals surface area contributed by atoms with Gasteiger partial charge < -0.3 is 10.6 Å². The predicted octanol–water partition coefficient (Wildman–Crippen LogP) is 1.97. The van der Waals surface area contributed by atoms with Gasteiger partial charge in [0, 0.05) is 12.6 Å². The van der Waals surface area contributed by atoms with Gasteiger partial charge in [0.1, 0.15) is 0 Å². The second-order valence-electron chi connectivity index (χ2n) is 5.68. The maximum absolute atomic E-state index is 12.1. The van der Waals surface area contributed by atoms with Gasteiger partial charge in [-0.3, -0.25) is 4.79 Å². The quantitative estimate of drug-likeness (QED) is 0.867. The van der Waals surface area contributed by atoms with Crippen molar-refractivity contribution in [2.24, 2.45) is 0 Å². The summed E-state index contributed by atoms with van der Waals surface area (Å²) in [6.07, 6.45) is 5.83. The molecule has 2 atom stereocenters. The van der Waals surface area contributed by atoms with E-state index in [2.05, 4.69) is 22.8 Å². The van der Waals surface area contributed by atoms with Crippen molar-refractivity contribution in [2.75, 3.05) is 13.1 Å². The lowest BCUT2D eigenvalue weighted by Gasteiger charge is -2.29. The lowest BCUT2D eigenvalue weighted by molar-refractivity contribution is -0.123. The van der Waals surface area contributed by atoms with E-state index in [0.29, 0.717) is 6.04 Å². The Bertz CT molecular complexity index is 452. The zero-order chi connectivity index (χ0) is 13.1. The van der Waals surface area contributed by atoms with E-state index < -0.39 is 0 Å². The summed E-state index contributed by atoms with van der Waals surface area (Å²) in [7, 11) is 0. The van der Waals surface area contributed by atoms with Crippen molar-refractivity contribution < 1.29 is 4.79 Å². The summed E-state index contributed by atoms with van der Waals surface area (Å²) in [5.41, 5.74) is 2.55. The van der Waals surface area contributed by atoms with Crippen LogP contribution in [0, 0.1) is 0 Å². The molecule has 1 aromatic rings. The van der Waals surface area contributed by atoms with Crippen LogP contribution in [0.3, 0.4) is 0 Å². The van der Waals surface area contributed by atoms with Crippen LogP contribution >= 0.6 is 0 Å². The molecule has 3 rings (SSSR count). The molecular weight excluding hydrogens is 236 g/mol. The van der Waals surface area contributed by atoms with Crippen LogP contribution < -0.4 is 10.6 Å². The fraction of sp³-hybridized carbons (Fsp3) is 0.562. The fourth-order valence-corrected chi connectivity index (χ4v) is 3.16.